The highest BCUT2D eigenvalue weighted by Gasteiger charge is 2.49. The fourth-order valence-corrected chi connectivity index (χ4v) is 3.71. The van der Waals surface area contributed by atoms with Crippen LogP contribution in [0.2, 0.25) is 10.0 Å². The average Bonchev–Trinajstić information content (AvgIpc) is 2.93. The lowest BCUT2D eigenvalue weighted by molar-refractivity contribution is -0.135. The van der Waals surface area contributed by atoms with E-state index < -0.39 is 23.4 Å². The van der Waals surface area contributed by atoms with Gasteiger partial charge in [-0.25, -0.2) is 4.79 Å². The molecule has 1 aliphatic rings. The van der Waals surface area contributed by atoms with E-state index in [9.17, 15) is 14.4 Å². The van der Waals surface area contributed by atoms with Crippen molar-refractivity contribution in [2.45, 2.75) is 38.3 Å². The van der Waals surface area contributed by atoms with E-state index in [2.05, 4.69) is 10.6 Å². The number of nitrogens with zero attached hydrogens (tertiary/aromatic N) is 1. The van der Waals surface area contributed by atoms with Crippen LogP contribution in [0.3, 0.4) is 0 Å². The van der Waals surface area contributed by atoms with Crippen LogP contribution >= 0.6 is 23.2 Å². The van der Waals surface area contributed by atoms with Gasteiger partial charge < -0.3 is 10.6 Å². The van der Waals surface area contributed by atoms with Crippen LogP contribution in [-0.2, 0) is 21.5 Å². The second-order valence-electron chi connectivity index (χ2n) is 7.57. The molecule has 0 unspecified atom stereocenters. The van der Waals surface area contributed by atoms with Crippen LogP contribution in [-0.4, -0.2) is 35.3 Å². The van der Waals surface area contributed by atoms with Gasteiger partial charge in [0.05, 0.1) is 10.0 Å². The highest BCUT2D eigenvalue weighted by atomic mass is 35.5. The number of imide groups is 1. The summed E-state index contributed by atoms with van der Waals surface area (Å²) >= 11 is 12.0. The molecule has 2 atom stereocenters. The van der Waals surface area contributed by atoms with E-state index in [1.807, 2.05) is 37.3 Å². The normalized spacial score (nSPS) is 19.5. The lowest BCUT2D eigenvalue weighted by Crippen LogP contribution is -2.45. The summed E-state index contributed by atoms with van der Waals surface area (Å²) in [6.45, 7) is 3.12. The molecule has 1 heterocycles. The molecule has 2 aromatic carbocycles. The second kappa shape index (κ2) is 9.06. The van der Waals surface area contributed by atoms with Crippen molar-refractivity contribution in [3.8, 4) is 0 Å². The number of halogens is 2. The summed E-state index contributed by atoms with van der Waals surface area (Å²) in [5, 5.41) is 6.13. The van der Waals surface area contributed by atoms with Gasteiger partial charge in [0.25, 0.3) is 5.91 Å². The fourth-order valence-electron chi connectivity index (χ4n) is 3.41. The van der Waals surface area contributed by atoms with E-state index >= 15 is 0 Å². The molecule has 0 saturated carbocycles. The first-order valence-corrected chi connectivity index (χ1v) is 10.4. The molecule has 0 aromatic heterocycles. The predicted molar refractivity (Wildman–Crippen MR) is 116 cm³/mol. The Morgan fingerprint density at radius 3 is 2.50 bits per heavy atom. The lowest BCUT2D eigenvalue weighted by atomic mass is 9.92. The molecular weight excluding hydrogens is 425 g/mol. The fraction of sp³-hybridized carbons (Fsp3) is 0.318. The molecule has 0 aliphatic carbocycles. The zero-order chi connectivity index (χ0) is 21.9. The maximum absolute atomic E-state index is 13.0. The molecule has 0 spiro atoms. The average molecular weight is 448 g/mol. The van der Waals surface area contributed by atoms with E-state index in [-0.39, 0.29) is 17.6 Å². The summed E-state index contributed by atoms with van der Waals surface area (Å²) in [5.74, 6) is -0.907. The molecule has 0 radical (unpaired) electrons. The number of rotatable bonds is 7. The smallest absolute Gasteiger partial charge is 0.325 e. The monoisotopic (exact) mass is 447 g/mol. The molecular formula is C22H23Cl2N3O3. The Balaban J connectivity index is 1.60. The van der Waals surface area contributed by atoms with Crippen molar-refractivity contribution in [2.24, 2.45) is 0 Å². The molecule has 1 aliphatic heterocycles. The Kier molecular flexibility index (Phi) is 6.68. The standard InChI is InChI=1S/C22H23Cl2N3O3/c1-14(8-9-15-6-4-3-5-7-15)25-19(28)13-27-20(29)22(2,26-21(27)30)16-10-11-17(23)18(24)12-16/h3-7,10-12,14H,8-9,13H2,1-2H3,(H,25,28)(H,26,30)/t14-,22-/m1/s1. The van der Waals surface area contributed by atoms with Gasteiger partial charge >= 0.3 is 6.03 Å². The first-order valence-electron chi connectivity index (χ1n) is 9.63. The lowest BCUT2D eigenvalue weighted by Gasteiger charge is -2.23. The van der Waals surface area contributed by atoms with Gasteiger partial charge in [-0.2, -0.15) is 0 Å². The molecule has 158 valence electrons. The zero-order valence-corrected chi connectivity index (χ0v) is 18.3. The Morgan fingerprint density at radius 1 is 1.13 bits per heavy atom. The Morgan fingerprint density at radius 2 is 1.83 bits per heavy atom. The Hall–Kier alpha value is -2.57. The minimum Gasteiger partial charge on any atom is -0.352 e. The number of urea groups is 1. The van der Waals surface area contributed by atoms with Crippen LogP contribution in [0.15, 0.2) is 48.5 Å². The molecule has 6 nitrogen and oxygen atoms in total. The van der Waals surface area contributed by atoms with E-state index in [0.29, 0.717) is 10.6 Å². The van der Waals surface area contributed by atoms with Gasteiger partial charge in [-0.1, -0.05) is 59.6 Å². The number of hydrogen-bond donors (Lipinski definition) is 2. The van der Waals surface area contributed by atoms with Crippen LogP contribution in [0.25, 0.3) is 0 Å². The van der Waals surface area contributed by atoms with Gasteiger partial charge in [-0.15, -0.1) is 0 Å². The SMILES string of the molecule is C[C@H](CCc1ccccc1)NC(=O)CN1C(=O)N[C@](C)(c2ccc(Cl)c(Cl)c2)C1=O. The van der Waals surface area contributed by atoms with E-state index in [4.69, 9.17) is 23.2 Å². The zero-order valence-electron chi connectivity index (χ0n) is 16.7. The molecule has 4 amide bonds. The maximum atomic E-state index is 13.0. The maximum Gasteiger partial charge on any atom is 0.325 e. The Bertz CT molecular complexity index is 967. The number of aryl methyl sites for hydroxylation is 1. The van der Waals surface area contributed by atoms with Gasteiger partial charge in [-0.3, -0.25) is 14.5 Å². The minimum atomic E-state index is -1.31. The Labute approximate surface area is 185 Å². The van der Waals surface area contributed by atoms with Crippen LogP contribution < -0.4 is 10.6 Å². The summed E-state index contributed by atoms with van der Waals surface area (Å²) in [4.78, 5) is 38.7. The van der Waals surface area contributed by atoms with E-state index in [0.717, 1.165) is 17.7 Å². The van der Waals surface area contributed by atoms with Gasteiger partial charge in [0.2, 0.25) is 5.91 Å². The molecule has 8 heteroatoms. The first kappa shape index (κ1) is 22.1. The van der Waals surface area contributed by atoms with Crippen molar-refractivity contribution in [1.82, 2.24) is 15.5 Å². The second-order valence-corrected chi connectivity index (χ2v) is 8.38. The van der Waals surface area contributed by atoms with Crippen molar-refractivity contribution < 1.29 is 14.4 Å². The molecule has 3 rings (SSSR count). The van der Waals surface area contributed by atoms with Gasteiger partial charge in [0.1, 0.15) is 12.1 Å². The third-order valence-electron chi connectivity index (χ3n) is 5.19. The summed E-state index contributed by atoms with van der Waals surface area (Å²) in [7, 11) is 0. The van der Waals surface area contributed by atoms with Crippen molar-refractivity contribution in [2.75, 3.05) is 6.54 Å². The van der Waals surface area contributed by atoms with Crippen LogP contribution in [0.5, 0.6) is 0 Å². The topological polar surface area (TPSA) is 78.5 Å². The van der Waals surface area contributed by atoms with Gasteiger partial charge in [0.15, 0.2) is 0 Å². The summed E-state index contributed by atoms with van der Waals surface area (Å²) in [5.41, 5.74) is 0.365. The van der Waals surface area contributed by atoms with Crippen molar-refractivity contribution >= 4 is 41.0 Å². The summed E-state index contributed by atoms with van der Waals surface area (Å²) < 4.78 is 0. The first-order chi connectivity index (χ1) is 14.2. The van der Waals surface area contributed by atoms with Crippen molar-refractivity contribution in [1.29, 1.82) is 0 Å². The summed E-state index contributed by atoms with van der Waals surface area (Å²) in [6.07, 6.45) is 1.57. The number of carbonyl (C=O) groups excluding carboxylic acids is 3. The van der Waals surface area contributed by atoms with Gasteiger partial charge in [0, 0.05) is 6.04 Å². The molecule has 2 N–H and O–H groups in total. The molecule has 2 aromatic rings. The van der Waals surface area contributed by atoms with E-state index in [1.165, 1.54) is 11.6 Å². The largest absolute Gasteiger partial charge is 0.352 e. The third-order valence-corrected chi connectivity index (χ3v) is 5.93. The highest BCUT2D eigenvalue weighted by Crippen LogP contribution is 2.32. The van der Waals surface area contributed by atoms with Crippen molar-refractivity contribution in [3.05, 3.63) is 69.7 Å². The number of amides is 4. The van der Waals surface area contributed by atoms with Gasteiger partial charge in [-0.05, 0) is 49.9 Å². The quantitative estimate of drug-likeness (QED) is 0.631. The highest BCUT2D eigenvalue weighted by molar-refractivity contribution is 6.42. The number of nitrogens with one attached hydrogen (secondary N) is 2. The van der Waals surface area contributed by atoms with Crippen molar-refractivity contribution in [3.63, 3.8) is 0 Å². The third kappa shape index (κ3) is 4.77. The number of carbonyl (C=O) groups is 3. The van der Waals surface area contributed by atoms with Crippen LogP contribution in [0, 0.1) is 0 Å². The van der Waals surface area contributed by atoms with Crippen LogP contribution in [0.4, 0.5) is 4.79 Å². The molecule has 30 heavy (non-hydrogen) atoms. The predicted octanol–water partition coefficient (Wildman–Crippen LogP) is 3.90. The molecule has 0 bridgehead atoms. The molecule has 1 fully saturated rings. The number of hydrogen-bond acceptors (Lipinski definition) is 3. The molecule has 1 saturated heterocycles. The minimum absolute atomic E-state index is 0.0973. The number of benzene rings is 2. The summed E-state index contributed by atoms with van der Waals surface area (Å²) in [6, 6.07) is 14.0. The van der Waals surface area contributed by atoms with Crippen LogP contribution in [0.1, 0.15) is 31.4 Å². The van der Waals surface area contributed by atoms with E-state index in [1.54, 1.807) is 19.1 Å².